The van der Waals surface area contributed by atoms with E-state index in [0.717, 1.165) is 32.4 Å². The number of carbonyl (C=O) groups excluding carboxylic acids is 2. The van der Waals surface area contributed by atoms with Crippen LogP contribution in [0.2, 0.25) is 0 Å². The molecule has 2 aliphatic rings. The number of nitrogens with one attached hydrogen (secondary N) is 1. The third-order valence-electron chi connectivity index (χ3n) is 4.69. The van der Waals surface area contributed by atoms with Gasteiger partial charge in [0.15, 0.2) is 0 Å². The molecule has 22 heavy (non-hydrogen) atoms. The minimum absolute atomic E-state index is 0.0656. The van der Waals surface area contributed by atoms with Crippen molar-refractivity contribution in [2.24, 2.45) is 5.92 Å². The zero-order chi connectivity index (χ0) is 15.5. The molecule has 0 bridgehead atoms. The van der Waals surface area contributed by atoms with Crippen molar-refractivity contribution in [3.05, 3.63) is 35.9 Å². The Hall–Kier alpha value is -2.04. The van der Waals surface area contributed by atoms with E-state index in [1.54, 1.807) is 11.9 Å². The maximum absolute atomic E-state index is 12.4. The molecule has 3 rings (SSSR count). The van der Waals surface area contributed by atoms with Gasteiger partial charge in [-0.05, 0) is 30.7 Å². The van der Waals surface area contributed by atoms with Crippen LogP contribution < -0.4 is 5.32 Å². The van der Waals surface area contributed by atoms with E-state index in [1.807, 2.05) is 11.0 Å². The molecule has 2 heterocycles. The number of rotatable bonds is 3. The largest absolute Gasteiger partial charge is 0.341 e. The maximum atomic E-state index is 12.4. The van der Waals surface area contributed by atoms with Crippen molar-refractivity contribution in [3.8, 4) is 0 Å². The second-order valence-electron chi connectivity index (χ2n) is 6.34. The van der Waals surface area contributed by atoms with Gasteiger partial charge in [0.05, 0.1) is 6.54 Å². The summed E-state index contributed by atoms with van der Waals surface area (Å²) in [5.74, 6) is 0.711. The summed E-state index contributed by atoms with van der Waals surface area (Å²) < 4.78 is 0. The van der Waals surface area contributed by atoms with Gasteiger partial charge in [0.1, 0.15) is 6.04 Å². The van der Waals surface area contributed by atoms with Crippen molar-refractivity contribution in [2.45, 2.75) is 25.3 Å². The molecule has 3 amide bonds. The topological polar surface area (TPSA) is 52.7 Å². The lowest BCUT2D eigenvalue weighted by Gasteiger charge is -2.33. The van der Waals surface area contributed by atoms with E-state index in [0.29, 0.717) is 12.5 Å². The van der Waals surface area contributed by atoms with Crippen LogP contribution in [-0.4, -0.2) is 54.5 Å². The number of likely N-dealkylation sites (N-methyl/N-ethyl adjacent to an activating group) is 1. The summed E-state index contributed by atoms with van der Waals surface area (Å²) in [5.41, 5.74) is 1.37. The quantitative estimate of drug-likeness (QED) is 0.919. The van der Waals surface area contributed by atoms with Gasteiger partial charge in [-0.3, -0.25) is 4.79 Å². The highest BCUT2D eigenvalue weighted by Gasteiger charge is 2.35. The Morgan fingerprint density at radius 2 is 1.91 bits per heavy atom. The first-order chi connectivity index (χ1) is 10.6. The lowest BCUT2D eigenvalue weighted by atomic mass is 9.90. The summed E-state index contributed by atoms with van der Waals surface area (Å²) in [6.45, 7) is 2.07. The average Bonchev–Trinajstić information content (AvgIpc) is 2.88. The molecular formula is C17H23N3O2. The van der Waals surface area contributed by atoms with Crippen LogP contribution in [0.4, 0.5) is 4.79 Å². The SMILES string of the molecule is CN1CC(C(=O)N2CCC(Cc3ccccc3)CC2)NC1=O. The summed E-state index contributed by atoms with van der Waals surface area (Å²) in [4.78, 5) is 27.4. The summed E-state index contributed by atoms with van der Waals surface area (Å²) in [5, 5.41) is 2.75. The molecular weight excluding hydrogens is 278 g/mol. The first kappa shape index (κ1) is 14.9. The molecule has 1 aromatic rings. The number of benzene rings is 1. The van der Waals surface area contributed by atoms with Crippen LogP contribution in [0, 0.1) is 5.92 Å². The number of hydrogen-bond donors (Lipinski definition) is 1. The second-order valence-corrected chi connectivity index (χ2v) is 6.34. The summed E-state index contributed by atoms with van der Waals surface area (Å²) in [6.07, 6.45) is 3.17. The third kappa shape index (κ3) is 3.24. The Morgan fingerprint density at radius 1 is 1.23 bits per heavy atom. The highest BCUT2D eigenvalue weighted by Crippen LogP contribution is 2.22. The Balaban J connectivity index is 1.49. The van der Waals surface area contributed by atoms with Gasteiger partial charge >= 0.3 is 6.03 Å². The van der Waals surface area contributed by atoms with Crippen molar-refractivity contribution in [3.63, 3.8) is 0 Å². The molecule has 2 aliphatic heterocycles. The number of likely N-dealkylation sites (tertiary alicyclic amines) is 1. The normalized spacial score (nSPS) is 22.8. The number of carbonyl (C=O) groups is 2. The van der Waals surface area contributed by atoms with Gasteiger partial charge in [-0.15, -0.1) is 0 Å². The average molecular weight is 301 g/mol. The van der Waals surface area contributed by atoms with E-state index < -0.39 is 0 Å². The third-order valence-corrected chi connectivity index (χ3v) is 4.69. The van der Waals surface area contributed by atoms with Crippen LogP contribution >= 0.6 is 0 Å². The molecule has 1 N–H and O–H groups in total. The molecule has 0 aromatic heterocycles. The number of hydrogen-bond acceptors (Lipinski definition) is 2. The van der Waals surface area contributed by atoms with Gasteiger partial charge in [0.25, 0.3) is 0 Å². The Labute approximate surface area is 131 Å². The summed E-state index contributed by atoms with van der Waals surface area (Å²) in [6, 6.07) is 10.0. The number of nitrogens with zero attached hydrogens (tertiary/aromatic N) is 2. The first-order valence-electron chi connectivity index (χ1n) is 7.98. The van der Waals surface area contributed by atoms with E-state index in [1.165, 1.54) is 5.56 Å². The second kappa shape index (κ2) is 6.38. The molecule has 2 saturated heterocycles. The number of urea groups is 1. The van der Waals surface area contributed by atoms with Crippen LogP contribution in [-0.2, 0) is 11.2 Å². The van der Waals surface area contributed by atoms with Gasteiger partial charge in [0.2, 0.25) is 5.91 Å². The molecule has 1 atom stereocenters. The van der Waals surface area contributed by atoms with Crippen LogP contribution in [0.25, 0.3) is 0 Å². The molecule has 2 fully saturated rings. The molecule has 0 saturated carbocycles. The zero-order valence-electron chi connectivity index (χ0n) is 13.0. The molecule has 5 heteroatoms. The van der Waals surface area contributed by atoms with E-state index in [4.69, 9.17) is 0 Å². The van der Waals surface area contributed by atoms with E-state index in [2.05, 4.69) is 29.6 Å². The Kier molecular flexibility index (Phi) is 4.32. The fourth-order valence-electron chi connectivity index (χ4n) is 3.33. The van der Waals surface area contributed by atoms with Gasteiger partial charge in [-0.25, -0.2) is 4.79 Å². The molecule has 1 unspecified atom stereocenters. The lowest BCUT2D eigenvalue weighted by molar-refractivity contribution is -0.134. The fraction of sp³-hybridized carbons (Fsp3) is 0.529. The van der Waals surface area contributed by atoms with E-state index in [9.17, 15) is 9.59 Å². The van der Waals surface area contributed by atoms with E-state index >= 15 is 0 Å². The van der Waals surface area contributed by atoms with Crippen LogP contribution in [0.5, 0.6) is 0 Å². The van der Waals surface area contributed by atoms with Crippen molar-refractivity contribution in [2.75, 3.05) is 26.7 Å². The highest BCUT2D eigenvalue weighted by atomic mass is 16.2. The lowest BCUT2D eigenvalue weighted by Crippen LogP contribution is -2.48. The first-order valence-corrected chi connectivity index (χ1v) is 7.98. The van der Waals surface area contributed by atoms with Crippen molar-refractivity contribution < 1.29 is 9.59 Å². The van der Waals surface area contributed by atoms with Crippen LogP contribution in [0.15, 0.2) is 30.3 Å². The van der Waals surface area contributed by atoms with Crippen molar-refractivity contribution >= 4 is 11.9 Å². The summed E-state index contributed by atoms with van der Waals surface area (Å²) >= 11 is 0. The van der Waals surface area contributed by atoms with Gasteiger partial charge in [-0.2, -0.15) is 0 Å². The zero-order valence-corrected chi connectivity index (χ0v) is 13.0. The Bertz CT molecular complexity index is 538. The number of piperidine rings is 1. The van der Waals surface area contributed by atoms with Crippen LogP contribution in [0.1, 0.15) is 18.4 Å². The summed E-state index contributed by atoms with van der Waals surface area (Å²) in [7, 11) is 1.72. The number of amides is 3. The maximum Gasteiger partial charge on any atom is 0.317 e. The molecule has 118 valence electrons. The highest BCUT2D eigenvalue weighted by molar-refractivity contribution is 5.90. The molecule has 0 aliphatic carbocycles. The fourth-order valence-corrected chi connectivity index (χ4v) is 3.33. The monoisotopic (exact) mass is 301 g/mol. The molecule has 0 spiro atoms. The Morgan fingerprint density at radius 3 is 2.50 bits per heavy atom. The molecule has 1 aromatic carbocycles. The van der Waals surface area contributed by atoms with Gasteiger partial charge < -0.3 is 15.1 Å². The minimum Gasteiger partial charge on any atom is -0.341 e. The van der Waals surface area contributed by atoms with Gasteiger partial charge in [-0.1, -0.05) is 30.3 Å². The minimum atomic E-state index is -0.372. The van der Waals surface area contributed by atoms with Crippen LogP contribution in [0.3, 0.4) is 0 Å². The predicted molar refractivity (Wildman–Crippen MR) is 84.4 cm³/mol. The smallest absolute Gasteiger partial charge is 0.317 e. The van der Waals surface area contributed by atoms with Crippen molar-refractivity contribution in [1.29, 1.82) is 0 Å². The standard InChI is InChI=1S/C17H23N3O2/c1-19-12-15(18-17(19)22)16(21)20-9-7-14(8-10-20)11-13-5-3-2-4-6-13/h2-6,14-15H,7-12H2,1H3,(H,18,22). The van der Waals surface area contributed by atoms with Crippen molar-refractivity contribution in [1.82, 2.24) is 15.1 Å². The van der Waals surface area contributed by atoms with Gasteiger partial charge in [0, 0.05) is 20.1 Å². The molecule has 5 nitrogen and oxygen atoms in total. The van der Waals surface area contributed by atoms with E-state index in [-0.39, 0.29) is 18.0 Å². The predicted octanol–water partition coefficient (Wildman–Crippen LogP) is 1.49. The molecule has 0 radical (unpaired) electrons.